The van der Waals surface area contributed by atoms with E-state index in [2.05, 4.69) is 65.7 Å². The highest BCUT2D eigenvalue weighted by Crippen LogP contribution is 2.49. The van der Waals surface area contributed by atoms with Crippen molar-refractivity contribution >= 4 is 25.1 Å². The average Bonchev–Trinajstić information content (AvgIpc) is 2.63. The van der Waals surface area contributed by atoms with Crippen LogP contribution in [0.1, 0.15) is 55.5 Å². The van der Waals surface area contributed by atoms with E-state index in [-0.39, 0.29) is 5.54 Å². The van der Waals surface area contributed by atoms with Gasteiger partial charge in [-0.3, -0.25) is 0 Å². The van der Waals surface area contributed by atoms with E-state index in [1.807, 2.05) is 11.3 Å². The fourth-order valence-corrected chi connectivity index (χ4v) is 9.96. The fraction of sp³-hybridized carbons (Fsp3) is 0.625. The first-order valence-electron chi connectivity index (χ1n) is 7.10. The molecule has 1 atom stereocenters. The normalized spacial score (nSPS) is 20.1. The van der Waals surface area contributed by atoms with Crippen molar-refractivity contribution in [1.82, 2.24) is 4.98 Å². The van der Waals surface area contributed by atoms with Gasteiger partial charge in [-0.1, -0.05) is 18.7 Å². The minimum atomic E-state index is -1.55. The molecule has 0 fully saturated rings. The molecule has 0 bridgehead atoms. The number of rotatable bonds is 2. The van der Waals surface area contributed by atoms with Crippen LogP contribution in [-0.4, -0.2) is 13.8 Å². The Kier molecular flexibility index (Phi) is 3.61. The maximum absolute atomic E-state index is 3.95. The van der Waals surface area contributed by atoms with Gasteiger partial charge in [0.25, 0.3) is 0 Å². The van der Waals surface area contributed by atoms with Gasteiger partial charge in [-0.2, -0.15) is 0 Å². The molecule has 0 saturated heterocycles. The standard InChI is InChI=1S/C16H27NSSi/c1-10-9-13-11(2)12(3)15(14(13)18-10)19(7,8)17-16(4,5)6/h9,15,17H,1-8H3. The molecular weight excluding hydrogens is 266 g/mol. The van der Waals surface area contributed by atoms with Gasteiger partial charge in [0.1, 0.15) is 8.24 Å². The van der Waals surface area contributed by atoms with Crippen LogP contribution in [0.3, 0.4) is 0 Å². The first-order chi connectivity index (χ1) is 8.53. The summed E-state index contributed by atoms with van der Waals surface area (Å²) in [4.78, 5) is 7.01. The molecule has 0 aromatic carbocycles. The molecule has 0 amide bonds. The molecule has 1 aromatic heterocycles. The monoisotopic (exact) mass is 293 g/mol. The summed E-state index contributed by atoms with van der Waals surface area (Å²) in [5, 5.41) is 0. The van der Waals surface area contributed by atoms with E-state index in [9.17, 15) is 0 Å². The largest absolute Gasteiger partial charge is 0.332 e. The van der Waals surface area contributed by atoms with Crippen LogP contribution in [0.25, 0.3) is 5.57 Å². The Hall–Kier alpha value is -0.383. The van der Waals surface area contributed by atoms with Gasteiger partial charge in [0.15, 0.2) is 0 Å². The Morgan fingerprint density at radius 3 is 2.26 bits per heavy atom. The van der Waals surface area contributed by atoms with Gasteiger partial charge in [-0.25, -0.2) is 0 Å². The van der Waals surface area contributed by atoms with Crippen LogP contribution >= 0.6 is 11.3 Å². The Balaban J connectivity index is 2.45. The molecule has 0 radical (unpaired) electrons. The highest BCUT2D eigenvalue weighted by Gasteiger charge is 2.42. The quantitative estimate of drug-likeness (QED) is 0.750. The molecule has 19 heavy (non-hydrogen) atoms. The molecule has 0 aliphatic heterocycles. The molecule has 0 saturated carbocycles. The van der Waals surface area contributed by atoms with Crippen LogP contribution in [-0.2, 0) is 0 Å². The zero-order valence-corrected chi connectivity index (χ0v) is 15.4. The average molecular weight is 294 g/mol. The van der Waals surface area contributed by atoms with Gasteiger partial charge in [0.05, 0.1) is 0 Å². The van der Waals surface area contributed by atoms with Gasteiger partial charge in [-0.15, -0.1) is 11.3 Å². The topological polar surface area (TPSA) is 12.0 Å². The number of hydrogen-bond acceptors (Lipinski definition) is 2. The maximum Gasteiger partial charge on any atom is 0.132 e. The van der Waals surface area contributed by atoms with Crippen molar-refractivity contribution in [3.8, 4) is 0 Å². The van der Waals surface area contributed by atoms with Gasteiger partial charge in [0.2, 0.25) is 0 Å². The Morgan fingerprint density at radius 2 is 1.74 bits per heavy atom. The minimum absolute atomic E-state index is 0.193. The summed E-state index contributed by atoms with van der Waals surface area (Å²) >= 11 is 2.00. The molecule has 106 valence electrons. The summed E-state index contributed by atoms with van der Waals surface area (Å²) < 4.78 is 0. The van der Waals surface area contributed by atoms with Crippen molar-refractivity contribution in [2.45, 2.75) is 65.7 Å². The third-order valence-electron chi connectivity index (χ3n) is 3.99. The second kappa shape index (κ2) is 4.57. The number of allylic oxidation sites excluding steroid dienone is 2. The SMILES string of the molecule is CC1=C(C)C([Si](C)(C)NC(C)(C)C)c2sc(C)cc21. The van der Waals surface area contributed by atoms with Crippen molar-refractivity contribution in [3.05, 3.63) is 27.0 Å². The fourth-order valence-electron chi connectivity index (χ4n) is 3.57. The lowest BCUT2D eigenvalue weighted by atomic mass is 10.1. The molecule has 2 rings (SSSR count). The van der Waals surface area contributed by atoms with Crippen LogP contribution in [0.2, 0.25) is 13.1 Å². The summed E-state index contributed by atoms with van der Waals surface area (Å²) in [6.45, 7) is 18.7. The van der Waals surface area contributed by atoms with Crippen LogP contribution < -0.4 is 4.98 Å². The maximum atomic E-state index is 3.95. The zero-order valence-electron chi connectivity index (χ0n) is 13.6. The van der Waals surface area contributed by atoms with Crippen LogP contribution in [0, 0.1) is 6.92 Å². The van der Waals surface area contributed by atoms with Crippen molar-refractivity contribution in [2.75, 3.05) is 0 Å². The summed E-state index contributed by atoms with van der Waals surface area (Å²) in [5.41, 5.74) is 5.45. The van der Waals surface area contributed by atoms with Gasteiger partial charge in [0, 0.05) is 20.8 Å². The van der Waals surface area contributed by atoms with Gasteiger partial charge < -0.3 is 4.98 Å². The third-order valence-corrected chi connectivity index (χ3v) is 8.88. The molecular formula is C16H27NSSi. The number of nitrogens with one attached hydrogen (secondary N) is 1. The lowest BCUT2D eigenvalue weighted by molar-refractivity contribution is 0.508. The van der Waals surface area contributed by atoms with E-state index in [1.54, 1.807) is 10.5 Å². The highest BCUT2D eigenvalue weighted by molar-refractivity contribution is 7.13. The second-order valence-corrected chi connectivity index (χ2v) is 13.0. The molecule has 1 N–H and O–H groups in total. The van der Waals surface area contributed by atoms with Crippen molar-refractivity contribution in [3.63, 3.8) is 0 Å². The Morgan fingerprint density at radius 1 is 1.16 bits per heavy atom. The van der Waals surface area contributed by atoms with Crippen LogP contribution in [0.4, 0.5) is 0 Å². The predicted octanol–water partition coefficient (Wildman–Crippen LogP) is 5.08. The Labute approximate surface area is 123 Å². The Bertz CT molecular complexity index is 531. The zero-order chi connectivity index (χ0) is 14.6. The molecule has 1 aliphatic carbocycles. The van der Waals surface area contributed by atoms with E-state index in [4.69, 9.17) is 0 Å². The van der Waals surface area contributed by atoms with Gasteiger partial charge in [-0.05, 0) is 58.7 Å². The summed E-state index contributed by atoms with van der Waals surface area (Å²) in [6, 6.07) is 2.38. The lowest BCUT2D eigenvalue weighted by Gasteiger charge is -2.38. The van der Waals surface area contributed by atoms with Crippen LogP contribution in [0.15, 0.2) is 11.6 Å². The predicted molar refractivity (Wildman–Crippen MR) is 90.4 cm³/mol. The molecule has 0 spiro atoms. The number of fused-ring (bicyclic) bond motifs is 1. The molecule has 1 aromatic rings. The van der Waals surface area contributed by atoms with Crippen molar-refractivity contribution in [2.24, 2.45) is 0 Å². The second-order valence-electron chi connectivity index (χ2n) is 7.47. The van der Waals surface area contributed by atoms with Crippen LogP contribution in [0.5, 0.6) is 0 Å². The minimum Gasteiger partial charge on any atom is -0.332 e. The van der Waals surface area contributed by atoms with E-state index in [1.165, 1.54) is 16.0 Å². The van der Waals surface area contributed by atoms with E-state index < -0.39 is 8.24 Å². The number of hydrogen-bond donors (Lipinski definition) is 1. The molecule has 3 heteroatoms. The van der Waals surface area contributed by atoms with Crippen molar-refractivity contribution in [1.29, 1.82) is 0 Å². The lowest BCUT2D eigenvalue weighted by Crippen LogP contribution is -2.57. The molecule has 1 unspecified atom stereocenters. The highest BCUT2D eigenvalue weighted by atomic mass is 32.1. The van der Waals surface area contributed by atoms with Gasteiger partial charge >= 0.3 is 0 Å². The van der Waals surface area contributed by atoms with Crippen molar-refractivity contribution < 1.29 is 0 Å². The first kappa shape index (κ1) is 15.0. The summed E-state index contributed by atoms with van der Waals surface area (Å²) in [7, 11) is -1.55. The van der Waals surface area contributed by atoms with E-state index in [0.717, 1.165) is 0 Å². The summed E-state index contributed by atoms with van der Waals surface area (Å²) in [6.07, 6.45) is 0. The number of aryl methyl sites for hydroxylation is 1. The summed E-state index contributed by atoms with van der Waals surface area (Å²) in [5.74, 6) is 0. The van der Waals surface area contributed by atoms with E-state index >= 15 is 0 Å². The number of thiophene rings is 1. The molecule has 1 nitrogen and oxygen atoms in total. The van der Waals surface area contributed by atoms with E-state index in [0.29, 0.717) is 5.54 Å². The first-order valence-corrected chi connectivity index (χ1v) is 11.0. The molecule has 1 heterocycles. The smallest absolute Gasteiger partial charge is 0.132 e. The third kappa shape index (κ3) is 2.74. The molecule has 1 aliphatic rings.